The van der Waals surface area contributed by atoms with Crippen LogP contribution in [0.1, 0.15) is 44.8 Å². The molecular formula is C14H25N3O2. The van der Waals surface area contributed by atoms with E-state index in [1.807, 2.05) is 0 Å². The van der Waals surface area contributed by atoms with Crippen LogP contribution in [0.2, 0.25) is 0 Å². The Bertz CT molecular complexity index is 355. The Balaban J connectivity index is 1.84. The average molecular weight is 267 g/mol. The molecule has 1 N–H and O–H groups in total. The summed E-state index contributed by atoms with van der Waals surface area (Å²) in [4.78, 5) is 4.50. The summed E-state index contributed by atoms with van der Waals surface area (Å²) in [5.41, 5.74) is 0. The van der Waals surface area contributed by atoms with Crippen LogP contribution in [0.3, 0.4) is 0 Å². The molecule has 5 nitrogen and oxygen atoms in total. The minimum absolute atomic E-state index is 0.443. The standard InChI is InChI=1S/C14H25N3O2/c1-3-5-12(15-4-2)9-14-16-13(17-19-14)8-11-6-7-18-10-11/h11-12,15H,3-10H2,1-2H3. The molecule has 2 rings (SSSR count). The summed E-state index contributed by atoms with van der Waals surface area (Å²) in [6.07, 6.45) is 5.12. The third-order valence-electron chi connectivity index (χ3n) is 3.56. The molecule has 1 aliphatic rings. The number of hydrogen-bond acceptors (Lipinski definition) is 5. The van der Waals surface area contributed by atoms with Gasteiger partial charge >= 0.3 is 0 Å². The molecule has 108 valence electrons. The van der Waals surface area contributed by atoms with Gasteiger partial charge in [-0.05, 0) is 25.3 Å². The first-order valence-electron chi connectivity index (χ1n) is 7.44. The molecule has 0 radical (unpaired) electrons. The van der Waals surface area contributed by atoms with E-state index in [1.165, 1.54) is 0 Å². The van der Waals surface area contributed by atoms with Crippen LogP contribution in [0.4, 0.5) is 0 Å². The van der Waals surface area contributed by atoms with Crippen LogP contribution >= 0.6 is 0 Å². The Hall–Kier alpha value is -0.940. The molecule has 0 bridgehead atoms. The third kappa shape index (κ3) is 4.58. The molecule has 19 heavy (non-hydrogen) atoms. The first-order valence-corrected chi connectivity index (χ1v) is 7.44. The van der Waals surface area contributed by atoms with Crippen LogP contribution in [0.15, 0.2) is 4.52 Å². The van der Waals surface area contributed by atoms with Crippen molar-refractivity contribution < 1.29 is 9.26 Å². The number of ether oxygens (including phenoxy) is 1. The minimum Gasteiger partial charge on any atom is -0.381 e. The van der Waals surface area contributed by atoms with Gasteiger partial charge in [0.25, 0.3) is 0 Å². The maximum Gasteiger partial charge on any atom is 0.228 e. The molecule has 1 aliphatic heterocycles. The zero-order valence-corrected chi connectivity index (χ0v) is 12.0. The molecule has 2 atom stereocenters. The minimum atomic E-state index is 0.443. The first kappa shape index (κ1) is 14.5. The summed E-state index contributed by atoms with van der Waals surface area (Å²) >= 11 is 0. The van der Waals surface area contributed by atoms with E-state index < -0.39 is 0 Å². The van der Waals surface area contributed by atoms with Crippen LogP contribution in [0.25, 0.3) is 0 Å². The summed E-state index contributed by atoms with van der Waals surface area (Å²) in [5.74, 6) is 2.15. The Morgan fingerprint density at radius 1 is 1.42 bits per heavy atom. The van der Waals surface area contributed by atoms with Crippen molar-refractivity contribution in [2.24, 2.45) is 5.92 Å². The van der Waals surface area contributed by atoms with Gasteiger partial charge in [-0.15, -0.1) is 0 Å². The molecular weight excluding hydrogens is 242 g/mol. The molecule has 2 heterocycles. The maximum absolute atomic E-state index is 5.37. The Morgan fingerprint density at radius 3 is 3.00 bits per heavy atom. The molecule has 1 saturated heterocycles. The number of nitrogens with one attached hydrogen (secondary N) is 1. The van der Waals surface area contributed by atoms with Gasteiger partial charge in [0.2, 0.25) is 5.89 Å². The third-order valence-corrected chi connectivity index (χ3v) is 3.56. The number of aromatic nitrogens is 2. The maximum atomic E-state index is 5.37. The quantitative estimate of drug-likeness (QED) is 0.780. The fourth-order valence-corrected chi connectivity index (χ4v) is 2.58. The number of nitrogens with zero attached hydrogens (tertiary/aromatic N) is 2. The molecule has 0 amide bonds. The smallest absolute Gasteiger partial charge is 0.228 e. The van der Waals surface area contributed by atoms with Crippen LogP contribution < -0.4 is 5.32 Å². The monoisotopic (exact) mass is 267 g/mol. The van der Waals surface area contributed by atoms with Gasteiger partial charge in [0, 0.05) is 32.1 Å². The summed E-state index contributed by atoms with van der Waals surface area (Å²) in [5, 5.41) is 7.55. The fraction of sp³-hybridized carbons (Fsp3) is 0.857. The van der Waals surface area contributed by atoms with E-state index in [-0.39, 0.29) is 0 Å². The predicted molar refractivity (Wildman–Crippen MR) is 73.0 cm³/mol. The summed E-state index contributed by atoms with van der Waals surface area (Å²) in [6.45, 7) is 7.00. The second kappa shape index (κ2) is 7.60. The second-order valence-electron chi connectivity index (χ2n) is 5.29. The number of likely N-dealkylation sites (N-methyl/N-ethyl adjacent to an activating group) is 1. The highest BCUT2D eigenvalue weighted by Gasteiger charge is 2.20. The lowest BCUT2D eigenvalue weighted by molar-refractivity contribution is 0.185. The van der Waals surface area contributed by atoms with Gasteiger partial charge in [0.15, 0.2) is 5.82 Å². The molecule has 1 fully saturated rings. The van der Waals surface area contributed by atoms with Crippen molar-refractivity contribution in [3.05, 3.63) is 11.7 Å². The van der Waals surface area contributed by atoms with Gasteiger partial charge in [0.05, 0.1) is 0 Å². The average Bonchev–Trinajstić information content (AvgIpc) is 3.03. The van der Waals surface area contributed by atoms with Gasteiger partial charge in [-0.2, -0.15) is 4.98 Å². The second-order valence-corrected chi connectivity index (χ2v) is 5.29. The number of hydrogen-bond donors (Lipinski definition) is 1. The van der Waals surface area contributed by atoms with Gasteiger partial charge in [-0.25, -0.2) is 0 Å². The van der Waals surface area contributed by atoms with Crippen LogP contribution in [0.5, 0.6) is 0 Å². The molecule has 0 aliphatic carbocycles. The van der Waals surface area contributed by atoms with Crippen molar-refractivity contribution in [2.75, 3.05) is 19.8 Å². The highest BCUT2D eigenvalue weighted by molar-refractivity contribution is 4.91. The van der Waals surface area contributed by atoms with E-state index in [2.05, 4.69) is 29.3 Å². The Kier molecular flexibility index (Phi) is 5.79. The lowest BCUT2D eigenvalue weighted by atomic mass is 10.1. The summed E-state index contributed by atoms with van der Waals surface area (Å²) in [7, 11) is 0. The van der Waals surface area contributed by atoms with Gasteiger partial charge in [0.1, 0.15) is 0 Å². The van der Waals surface area contributed by atoms with Crippen molar-refractivity contribution in [3.8, 4) is 0 Å². The van der Waals surface area contributed by atoms with Gasteiger partial charge in [-0.1, -0.05) is 25.4 Å². The topological polar surface area (TPSA) is 60.2 Å². The molecule has 1 aromatic rings. The van der Waals surface area contributed by atoms with E-state index in [4.69, 9.17) is 9.26 Å². The molecule has 0 spiro atoms. The van der Waals surface area contributed by atoms with Gasteiger partial charge < -0.3 is 14.6 Å². The number of rotatable bonds is 8. The highest BCUT2D eigenvalue weighted by atomic mass is 16.5. The highest BCUT2D eigenvalue weighted by Crippen LogP contribution is 2.17. The van der Waals surface area contributed by atoms with Crippen LogP contribution in [-0.4, -0.2) is 35.9 Å². The first-order chi connectivity index (χ1) is 9.31. The largest absolute Gasteiger partial charge is 0.381 e. The Morgan fingerprint density at radius 2 is 2.32 bits per heavy atom. The predicted octanol–water partition coefficient (Wildman–Crippen LogP) is 1.97. The van der Waals surface area contributed by atoms with Crippen molar-refractivity contribution in [3.63, 3.8) is 0 Å². The van der Waals surface area contributed by atoms with E-state index in [9.17, 15) is 0 Å². The Labute approximate surface area is 115 Å². The molecule has 0 saturated carbocycles. The zero-order chi connectivity index (χ0) is 13.5. The molecule has 0 aromatic carbocycles. The van der Waals surface area contributed by atoms with Crippen molar-refractivity contribution in [1.29, 1.82) is 0 Å². The summed E-state index contributed by atoms with van der Waals surface area (Å²) in [6, 6.07) is 0.443. The lowest BCUT2D eigenvalue weighted by Gasteiger charge is -2.14. The SMILES string of the molecule is CCCC(Cc1nc(CC2CCOC2)no1)NCC. The van der Waals surface area contributed by atoms with Gasteiger partial charge in [-0.3, -0.25) is 0 Å². The van der Waals surface area contributed by atoms with E-state index in [0.29, 0.717) is 12.0 Å². The van der Waals surface area contributed by atoms with Crippen LogP contribution in [-0.2, 0) is 17.6 Å². The zero-order valence-electron chi connectivity index (χ0n) is 12.0. The summed E-state index contributed by atoms with van der Waals surface area (Å²) < 4.78 is 10.7. The molecule has 1 aromatic heterocycles. The van der Waals surface area contributed by atoms with Crippen molar-refractivity contribution >= 4 is 0 Å². The van der Waals surface area contributed by atoms with E-state index in [0.717, 1.165) is 63.6 Å². The fourth-order valence-electron chi connectivity index (χ4n) is 2.58. The van der Waals surface area contributed by atoms with E-state index >= 15 is 0 Å². The molecule has 5 heteroatoms. The normalized spacial score (nSPS) is 20.8. The van der Waals surface area contributed by atoms with Crippen molar-refractivity contribution in [2.45, 2.75) is 52.0 Å². The lowest BCUT2D eigenvalue weighted by Crippen LogP contribution is -2.30. The van der Waals surface area contributed by atoms with Crippen LogP contribution in [0, 0.1) is 5.92 Å². The van der Waals surface area contributed by atoms with E-state index in [1.54, 1.807) is 0 Å². The van der Waals surface area contributed by atoms with Crippen molar-refractivity contribution in [1.82, 2.24) is 15.5 Å². The molecule has 2 unspecified atom stereocenters.